The lowest BCUT2D eigenvalue weighted by Gasteiger charge is -2.25. The first-order valence-electron chi connectivity index (χ1n) is 11.4. The predicted octanol–water partition coefficient (Wildman–Crippen LogP) is 2.53. The first-order chi connectivity index (χ1) is 16.2. The second-order valence-corrected chi connectivity index (χ2v) is 8.58. The summed E-state index contributed by atoms with van der Waals surface area (Å²) in [5, 5.41) is 0. The highest BCUT2D eigenvalue weighted by Gasteiger charge is 2.25. The average molecular weight is 469 g/mol. The van der Waals surface area contributed by atoms with Crippen molar-refractivity contribution in [1.82, 2.24) is 19.1 Å². The van der Waals surface area contributed by atoms with Crippen LogP contribution in [0.15, 0.2) is 46.2 Å². The number of unbranched alkanes of at least 4 members (excludes halogenated alkanes) is 1. The fraction of sp³-hybridized carbons (Fsp3) is 0.417. The van der Waals surface area contributed by atoms with E-state index in [2.05, 4.69) is 9.97 Å². The highest BCUT2D eigenvalue weighted by atomic mass is 16.5. The number of aryl methyl sites for hydroxylation is 1. The Labute approximate surface area is 198 Å². The number of hydrogen-bond acceptors (Lipinski definition) is 6. The minimum Gasteiger partial charge on any atom is -0.486 e. The monoisotopic (exact) mass is 468 g/mol. The smallest absolute Gasteiger partial charge is 0.330 e. The van der Waals surface area contributed by atoms with Crippen LogP contribution in [-0.4, -0.2) is 31.6 Å². The van der Waals surface area contributed by atoms with Crippen LogP contribution in [0.5, 0.6) is 5.75 Å². The lowest BCUT2D eigenvalue weighted by atomic mass is 10.1. The third-order valence-electron chi connectivity index (χ3n) is 5.40. The number of ether oxygens (including phenoxy) is 1. The Morgan fingerprint density at radius 2 is 1.94 bits per heavy atom. The molecule has 0 aliphatic rings. The molecular weight excluding hydrogens is 436 g/mol. The van der Waals surface area contributed by atoms with Crippen LogP contribution in [0.2, 0.25) is 0 Å². The number of nitrogens with two attached hydrogens (primary N) is 1. The van der Waals surface area contributed by atoms with Crippen LogP contribution in [0.25, 0.3) is 0 Å². The van der Waals surface area contributed by atoms with E-state index in [1.165, 1.54) is 9.47 Å². The van der Waals surface area contributed by atoms with Crippen LogP contribution in [0, 0.1) is 5.92 Å². The number of rotatable bonds is 10. The summed E-state index contributed by atoms with van der Waals surface area (Å²) >= 11 is 0. The number of imidazole rings is 1. The van der Waals surface area contributed by atoms with E-state index in [1.807, 2.05) is 38.6 Å². The molecule has 0 aliphatic carbocycles. The Balaban J connectivity index is 1.90. The molecule has 0 spiro atoms. The number of hydrogen-bond donors (Lipinski definition) is 2. The van der Waals surface area contributed by atoms with Crippen molar-refractivity contribution >= 4 is 17.4 Å². The summed E-state index contributed by atoms with van der Waals surface area (Å²) in [5.41, 5.74) is 5.37. The van der Waals surface area contributed by atoms with Crippen LogP contribution >= 0.6 is 0 Å². The molecule has 10 heteroatoms. The number of amides is 1. The summed E-state index contributed by atoms with van der Waals surface area (Å²) in [7, 11) is 1.88. The summed E-state index contributed by atoms with van der Waals surface area (Å²) in [5.74, 6) is 1.09. The van der Waals surface area contributed by atoms with E-state index in [0.29, 0.717) is 37.4 Å². The van der Waals surface area contributed by atoms with Gasteiger partial charge in [0.1, 0.15) is 24.0 Å². The molecule has 3 rings (SSSR count). The molecule has 10 nitrogen and oxygen atoms in total. The summed E-state index contributed by atoms with van der Waals surface area (Å²) in [4.78, 5) is 46.4. The van der Waals surface area contributed by atoms with Gasteiger partial charge in [-0.2, -0.15) is 0 Å². The fourth-order valence-corrected chi connectivity index (χ4v) is 3.55. The molecule has 0 unspecified atom stereocenters. The van der Waals surface area contributed by atoms with E-state index in [-0.39, 0.29) is 23.3 Å². The predicted molar refractivity (Wildman–Crippen MR) is 131 cm³/mol. The van der Waals surface area contributed by atoms with E-state index in [9.17, 15) is 14.4 Å². The van der Waals surface area contributed by atoms with E-state index in [1.54, 1.807) is 30.5 Å². The van der Waals surface area contributed by atoms with Crippen LogP contribution in [0.1, 0.15) is 49.8 Å². The second-order valence-electron chi connectivity index (χ2n) is 8.58. The Morgan fingerprint density at radius 1 is 1.24 bits per heavy atom. The van der Waals surface area contributed by atoms with Gasteiger partial charge in [0.05, 0.1) is 0 Å². The maximum Gasteiger partial charge on any atom is 0.330 e. The van der Waals surface area contributed by atoms with Gasteiger partial charge < -0.3 is 19.9 Å². The molecule has 2 heterocycles. The van der Waals surface area contributed by atoms with Gasteiger partial charge in [-0.15, -0.1) is 0 Å². The number of nitrogens with zero attached hydrogens (tertiary/aromatic N) is 4. The molecule has 34 heavy (non-hydrogen) atoms. The van der Waals surface area contributed by atoms with Gasteiger partial charge in [-0.25, -0.2) is 9.78 Å². The van der Waals surface area contributed by atoms with Crippen LogP contribution in [0.3, 0.4) is 0 Å². The number of carbonyl (C=O) groups excluding carboxylic acids is 1. The summed E-state index contributed by atoms with van der Waals surface area (Å²) in [6.45, 7) is 6.78. The van der Waals surface area contributed by atoms with Crippen molar-refractivity contribution < 1.29 is 9.53 Å². The summed E-state index contributed by atoms with van der Waals surface area (Å²) in [6.07, 6.45) is 5.01. The topological polar surface area (TPSA) is 128 Å². The minimum atomic E-state index is -0.679. The third kappa shape index (κ3) is 5.56. The maximum absolute atomic E-state index is 13.5. The van der Waals surface area contributed by atoms with Crippen molar-refractivity contribution in [1.29, 1.82) is 0 Å². The molecule has 0 radical (unpaired) electrons. The van der Waals surface area contributed by atoms with Gasteiger partial charge >= 0.3 is 5.69 Å². The number of aromatic amines is 1. The molecule has 0 saturated heterocycles. The molecule has 0 bridgehead atoms. The molecule has 3 aromatic rings. The van der Waals surface area contributed by atoms with Crippen molar-refractivity contribution in [2.75, 3.05) is 17.2 Å². The lowest BCUT2D eigenvalue weighted by molar-refractivity contribution is 0.0986. The van der Waals surface area contributed by atoms with Crippen LogP contribution in [-0.2, 0) is 20.2 Å². The zero-order valence-electron chi connectivity index (χ0n) is 20.1. The van der Waals surface area contributed by atoms with Crippen LogP contribution in [0.4, 0.5) is 11.5 Å². The van der Waals surface area contributed by atoms with E-state index in [4.69, 9.17) is 10.5 Å². The summed E-state index contributed by atoms with van der Waals surface area (Å²) in [6, 6.07) is 6.68. The highest BCUT2D eigenvalue weighted by molar-refractivity contribution is 6.07. The minimum absolute atomic E-state index is 0.00573. The molecule has 2 aromatic heterocycles. The van der Waals surface area contributed by atoms with Crippen LogP contribution < -0.4 is 26.6 Å². The number of benzene rings is 1. The first-order valence-corrected chi connectivity index (χ1v) is 11.4. The molecule has 0 saturated carbocycles. The number of H-pyrrole nitrogens is 1. The van der Waals surface area contributed by atoms with Gasteiger partial charge in [0.25, 0.3) is 11.5 Å². The fourth-order valence-electron chi connectivity index (χ4n) is 3.55. The maximum atomic E-state index is 13.5. The third-order valence-corrected chi connectivity index (χ3v) is 5.40. The SMILES string of the molecule is CCCCN(C(=O)c1ccc(OCc2nccn2C)cc1)c1c(N)n(CC(C)C)c(=O)[nH]c1=O. The van der Waals surface area contributed by atoms with Gasteiger partial charge in [0.2, 0.25) is 0 Å². The van der Waals surface area contributed by atoms with E-state index >= 15 is 0 Å². The lowest BCUT2D eigenvalue weighted by Crippen LogP contribution is -2.42. The molecule has 0 atom stereocenters. The molecule has 1 aromatic carbocycles. The molecular formula is C24H32N6O4. The largest absolute Gasteiger partial charge is 0.486 e. The average Bonchev–Trinajstić information content (AvgIpc) is 3.21. The molecule has 0 fully saturated rings. The zero-order chi connectivity index (χ0) is 24.8. The zero-order valence-corrected chi connectivity index (χ0v) is 20.1. The Kier molecular flexibility index (Phi) is 7.93. The van der Waals surface area contributed by atoms with Gasteiger partial charge in [-0.05, 0) is 36.6 Å². The Bertz CT molecular complexity index is 1240. The summed E-state index contributed by atoms with van der Waals surface area (Å²) < 4.78 is 8.93. The molecule has 1 amide bonds. The van der Waals surface area contributed by atoms with Crippen molar-refractivity contribution in [2.45, 2.75) is 46.8 Å². The Morgan fingerprint density at radius 3 is 2.53 bits per heavy atom. The first kappa shape index (κ1) is 24.8. The van der Waals surface area contributed by atoms with E-state index < -0.39 is 11.2 Å². The number of carbonyl (C=O) groups is 1. The van der Waals surface area contributed by atoms with Crippen molar-refractivity contribution in [3.8, 4) is 5.75 Å². The normalized spacial score (nSPS) is 11.1. The molecule has 0 aliphatic heterocycles. The molecule has 3 N–H and O–H groups in total. The van der Waals surface area contributed by atoms with Crippen molar-refractivity contribution in [3.05, 3.63) is 68.9 Å². The van der Waals surface area contributed by atoms with Gasteiger partial charge in [0, 0.05) is 38.1 Å². The number of aromatic nitrogens is 4. The number of nitrogen functional groups attached to an aromatic ring is 1. The molecule has 182 valence electrons. The van der Waals surface area contributed by atoms with Crippen molar-refractivity contribution in [2.24, 2.45) is 13.0 Å². The van der Waals surface area contributed by atoms with Gasteiger partial charge in [0.15, 0.2) is 5.69 Å². The van der Waals surface area contributed by atoms with Gasteiger partial charge in [-0.1, -0.05) is 27.2 Å². The number of nitrogens with one attached hydrogen (secondary N) is 1. The van der Waals surface area contributed by atoms with Gasteiger partial charge in [-0.3, -0.25) is 19.1 Å². The highest BCUT2D eigenvalue weighted by Crippen LogP contribution is 2.22. The number of anilines is 2. The van der Waals surface area contributed by atoms with Crippen molar-refractivity contribution in [3.63, 3.8) is 0 Å². The standard InChI is InChI=1S/C24H32N6O4/c1-5-6-12-29(20-21(25)30(14-16(2)3)24(33)27-22(20)31)23(32)17-7-9-18(10-8-17)34-15-19-26-11-13-28(19)4/h7-11,13,16H,5-6,12,14-15,25H2,1-4H3,(H,27,31,33). The Hall–Kier alpha value is -3.82. The van der Waals surface area contributed by atoms with E-state index in [0.717, 1.165) is 12.2 Å². The second kappa shape index (κ2) is 10.9. The quantitative estimate of drug-likeness (QED) is 0.471.